The Balaban J connectivity index is 2.23. The van der Waals surface area contributed by atoms with Gasteiger partial charge in [0.25, 0.3) is 0 Å². The van der Waals surface area contributed by atoms with Gasteiger partial charge in [0.15, 0.2) is 11.7 Å². The molecule has 2 aromatic rings. The molecule has 2 N–H and O–H groups in total. The fraction of sp³-hybridized carbons (Fsp3) is 0.400. The maximum Gasteiger partial charge on any atom is 0.196 e. The summed E-state index contributed by atoms with van der Waals surface area (Å²) < 4.78 is 5.64. The highest BCUT2D eigenvalue weighted by Gasteiger charge is 2.13. The largest absolute Gasteiger partial charge is 0.441 e. The van der Waals surface area contributed by atoms with Crippen LogP contribution in [0.3, 0.4) is 0 Å². The fourth-order valence-electron chi connectivity index (χ4n) is 1.82. The summed E-state index contributed by atoms with van der Waals surface area (Å²) in [6.45, 7) is 7.17. The van der Waals surface area contributed by atoms with Crippen LogP contribution in [-0.4, -0.2) is 11.5 Å². The SMILES string of the molecule is CC(C)(C)c1ccc(-c2cnc(CCN)o2)cc1. The Kier molecular flexibility index (Phi) is 3.53. The van der Waals surface area contributed by atoms with Crippen LogP contribution in [0.4, 0.5) is 0 Å². The van der Waals surface area contributed by atoms with E-state index in [1.807, 2.05) is 0 Å². The summed E-state index contributed by atoms with van der Waals surface area (Å²) in [7, 11) is 0. The average molecular weight is 244 g/mol. The smallest absolute Gasteiger partial charge is 0.196 e. The van der Waals surface area contributed by atoms with E-state index in [0.29, 0.717) is 18.9 Å². The first-order chi connectivity index (χ1) is 8.50. The molecule has 0 radical (unpaired) electrons. The molecule has 0 aliphatic carbocycles. The van der Waals surface area contributed by atoms with Gasteiger partial charge in [0.2, 0.25) is 0 Å². The van der Waals surface area contributed by atoms with E-state index in [1.54, 1.807) is 6.20 Å². The van der Waals surface area contributed by atoms with E-state index in [1.165, 1.54) is 5.56 Å². The third-order valence-electron chi connectivity index (χ3n) is 2.95. The molecule has 0 atom stereocenters. The van der Waals surface area contributed by atoms with Crippen molar-refractivity contribution in [2.75, 3.05) is 6.54 Å². The van der Waals surface area contributed by atoms with E-state index < -0.39 is 0 Å². The van der Waals surface area contributed by atoms with Crippen LogP contribution in [0.25, 0.3) is 11.3 Å². The number of aromatic nitrogens is 1. The molecule has 1 heterocycles. The Morgan fingerprint density at radius 1 is 1.17 bits per heavy atom. The van der Waals surface area contributed by atoms with Gasteiger partial charge in [0.1, 0.15) is 0 Å². The lowest BCUT2D eigenvalue weighted by Crippen LogP contribution is -2.10. The van der Waals surface area contributed by atoms with Crippen LogP contribution in [0.15, 0.2) is 34.9 Å². The molecule has 0 amide bonds. The summed E-state index contributed by atoms with van der Waals surface area (Å²) in [5, 5.41) is 0. The third-order valence-corrected chi connectivity index (χ3v) is 2.95. The first-order valence-electron chi connectivity index (χ1n) is 6.26. The molecule has 0 aliphatic heterocycles. The van der Waals surface area contributed by atoms with Crippen molar-refractivity contribution >= 4 is 0 Å². The fourth-order valence-corrected chi connectivity index (χ4v) is 1.82. The van der Waals surface area contributed by atoms with Gasteiger partial charge in [-0.05, 0) is 11.0 Å². The van der Waals surface area contributed by atoms with Gasteiger partial charge in [0.05, 0.1) is 6.20 Å². The van der Waals surface area contributed by atoms with Gasteiger partial charge in [-0.15, -0.1) is 0 Å². The van der Waals surface area contributed by atoms with Crippen molar-refractivity contribution in [3.63, 3.8) is 0 Å². The van der Waals surface area contributed by atoms with Crippen molar-refractivity contribution in [2.24, 2.45) is 5.73 Å². The summed E-state index contributed by atoms with van der Waals surface area (Å²) in [6, 6.07) is 8.43. The second kappa shape index (κ2) is 4.94. The molecule has 0 fully saturated rings. The van der Waals surface area contributed by atoms with E-state index in [9.17, 15) is 0 Å². The van der Waals surface area contributed by atoms with Crippen molar-refractivity contribution in [3.05, 3.63) is 41.9 Å². The second-order valence-electron chi connectivity index (χ2n) is 5.48. The van der Waals surface area contributed by atoms with Gasteiger partial charge < -0.3 is 10.2 Å². The molecular weight excluding hydrogens is 224 g/mol. The van der Waals surface area contributed by atoms with Gasteiger partial charge in [-0.1, -0.05) is 45.0 Å². The standard InChI is InChI=1S/C15H20N2O/c1-15(2,3)12-6-4-11(5-7-12)13-10-17-14(18-13)8-9-16/h4-7,10H,8-9,16H2,1-3H3. The molecule has 0 unspecified atom stereocenters. The summed E-state index contributed by atoms with van der Waals surface area (Å²) in [4.78, 5) is 4.21. The van der Waals surface area contributed by atoms with Crippen LogP contribution in [-0.2, 0) is 11.8 Å². The summed E-state index contributed by atoms with van der Waals surface area (Å²) in [5.41, 5.74) is 8.01. The predicted molar refractivity (Wildman–Crippen MR) is 73.4 cm³/mol. The Morgan fingerprint density at radius 2 is 1.83 bits per heavy atom. The lowest BCUT2D eigenvalue weighted by atomic mass is 9.86. The second-order valence-corrected chi connectivity index (χ2v) is 5.48. The summed E-state index contributed by atoms with van der Waals surface area (Å²) >= 11 is 0. The highest BCUT2D eigenvalue weighted by atomic mass is 16.4. The Labute approximate surface area is 108 Å². The van der Waals surface area contributed by atoms with Crippen molar-refractivity contribution < 1.29 is 4.42 Å². The number of hydrogen-bond donors (Lipinski definition) is 1. The molecule has 96 valence electrons. The highest BCUT2D eigenvalue weighted by Crippen LogP contribution is 2.26. The quantitative estimate of drug-likeness (QED) is 0.902. The molecule has 0 saturated heterocycles. The number of hydrogen-bond acceptors (Lipinski definition) is 3. The monoisotopic (exact) mass is 244 g/mol. The molecule has 0 aliphatic rings. The molecule has 18 heavy (non-hydrogen) atoms. The van der Waals surface area contributed by atoms with Crippen molar-refractivity contribution in [1.82, 2.24) is 4.98 Å². The highest BCUT2D eigenvalue weighted by molar-refractivity contribution is 5.57. The van der Waals surface area contributed by atoms with Crippen LogP contribution >= 0.6 is 0 Å². The maximum atomic E-state index is 5.64. The Hall–Kier alpha value is -1.61. The summed E-state index contributed by atoms with van der Waals surface area (Å²) in [5.74, 6) is 1.51. The van der Waals surface area contributed by atoms with E-state index in [-0.39, 0.29) is 5.41 Å². The molecule has 1 aromatic carbocycles. The molecule has 0 bridgehead atoms. The zero-order chi connectivity index (χ0) is 13.2. The van der Waals surface area contributed by atoms with E-state index >= 15 is 0 Å². The molecule has 3 heteroatoms. The van der Waals surface area contributed by atoms with Crippen LogP contribution in [0, 0.1) is 0 Å². The normalized spacial score (nSPS) is 11.8. The molecule has 3 nitrogen and oxygen atoms in total. The van der Waals surface area contributed by atoms with Gasteiger partial charge in [-0.2, -0.15) is 0 Å². The van der Waals surface area contributed by atoms with Crippen LogP contribution in [0.2, 0.25) is 0 Å². The summed E-state index contributed by atoms with van der Waals surface area (Å²) in [6.07, 6.45) is 2.44. The minimum atomic E-state index is 0.171. The molecule has 2 rings (SSSR count). The van der Waals surface area contributed by atoms with Crippen LogP contribution < -0.4 is 5.73 Å². The van der Waals surface area contributed by atoms with Gasteiger partial charge in [0, 0.05) is 18.5 Å². The van der Waals surface area contributed by atoms with E-state index in [4.69, 9.17) is 10.2 Å². The van der Waals surface area contributed by atoms with E-state index in [2.05, 4.69) is 50.0 Å². The van der Waals surface area contributed by atoms with E-state index in [0.717, 1.165) is 11.3 Å². The predicted octanol–water partition coefficient (Wildman–Crippen LogP) is 3.14. The zero-order valence-corrected chi connectivity index (χ0v) is 11.2. The topological polar surface area (TPSA) is 52.0 Å². The number of benzene rings is 1. The third kappa shape index (κ3) is 2.79. The molecule has 1 aromatic heterocycles. The lowest BCUT2D eigenvalue weighted by molar-refractivity contribution is 0.508. The van der Waals surface area contributed by atoms with Crippen molar-refractivity contribution in [3.8, 4) is 11.3 Å². The minimum Gasteiger partial charge on any atom is -0.441 e. The van der Waals surface area contributed by atoms with Crippen LogP contribution in [0.5, 0.6) is 0 Å². The van der Waals surface area contributed by atoms with Crippen molar-refractivity contribution in [1.29, 1.82) is 0 Å². The first-order valence-corrected chi connectivity index (χ1v) is 6.26. The maximum absolute atomic E-state index is 5.64. The zero-order valence-electron chi connectivity index (χ0n) is 11.2. The van der Waals surface area contributed by atoms with Crippen molar-refractivity contribution in [2.45, 2.75) is 32.6 Å². The lowest BCUT2D eigenvalue weighted by Gasteiger charge is -2.18. The Morgan fingerprint density at radius 3 is 2.39 bits per heavy atom. The number of nitrogens with zero attached hydrogens (tertiary/aromatic N) is 1. The minimum absolute atomic E-state index is 0.171. The van der Waals surface area contributed by atoms with Crippen LogP contribution in [0.1, 0.15) is 32.2 Å². The van der Waals surface area contributed by atoms with Gasteiger partial charge in [-0.3, -0.25) is 0 Å². The number of nitrogens with two attached hydrogens (primary N) is 1. The first kappa shape index (κ1) is 12.8. The molecular formula is C15H20N2O. The van der Waals surface area contributed by atoms with Gasteiger partial charge in [-0.25, -0.2) is 4.98 Å². The molecule has 0 spiro atoms. The number of oxazole rings is 1. The number of rotatable bonds is 3. The Bertz CT molecular complexity index is 506. The molecule has 0 saturated carbocycles. The van der Waals surface area contributed by atoms with Gasteiger partial charge >= 0.3 is 0 Å². The average Bonchev–Trinajstić information content (AvgIpc) is 2.77.